The van der Waals surface area contributed by atoms with E-state index in [1.807, 2.05) is 37.6 Å². The van der Waals surface area contributed by atoms with Gasteiger partial charge in [-0.05, 0) is 12.6 Å². The summed E-state index contributed by atoms with van der Waals surface area (Å²) in [5, 5.41) is 3.22. The summed E-state index contributed by atoms with van der Waals surface area (Å²) < 4.78 is 24.2. The molecule has 27 heavy (non-hydrogen) atoms. The standard InChI is InChI=1S/C19H25N5O2S/c1-23-7-8-24(18-14-27(25,26)13-17(18)23)12-16-10-21-19(22-11-16)20-9-15-5-3-2-4-6-15/h2-6,10-11,17-18H,7-9,12-14H2,1H3,(H,20,21,22)/t17-,18+/m0/s1. The minimum Gasteiger partial charge on any atom is -0.350 e. The molecule has 0 saturated carbocycles. The van der Waals surface area contributed by atoms with E-state index in [-0.39, 0.29) is 23.6 Å². The minimum absolute atomic E-state index is 0.0598. The molecule has 0 unspecified atom stereocenters. The van der Waals surface area contributed by atoms with Crippen molar-refractivity contribution in [2.45, 2.75) is 25.2 Å². The smallest absolute Gasteiger partial charge is 0.222 e. The molecule has 2 aromatic rings. The summed E-state index contributed by atoms with van der Waals surface area (Å²) in [5.74, 6) is 1.12. The van der Waals surface area contributed by atoms with Crippen LogP contribution in [-0.2, 0) is 22.9 Å². The SMILES string of the molecule is CN1CCN(Cc2cnc(NCc3ccccc3)nc2)[C@@H]2CS(=O)(=O)C[C@@H]21. The topological polar surface area (TPSA) is 78.4 Å². The zero-order chi connectivity index (χ0) is 18.9. The van der Waals surface area contributed by atoms with E-state index in [0.717, 1.165) is 18.7 Å². The number of rotatable bonds is 5. The Hall–Kier alpha value is -2.03. The van der Waals surface area contributed by atoms with Gasteiger partial charge in [-0.25, -0.2) is 18.4 Å². The molecule has 2 fully saturated rings. The number of anilines is 1. The van der Waals surface area contributed by atoms with Gasteiger partial charge in [0.25, 0.3) is 0 Å². The van der Waals surface area contributed by atoms with Crippen molar-refractivity contribution in [3.05, 3.63) is 53.9 Å². The molecule has 3 heterocycles. The van der Waals surface area contributed by atoms with Crippen LogP contribution in [-0.4, -0.2) is 71.9 Å². The van der Waals surface area contributed by atoms with Gasteiger partial charge >= 0.3 is 0 Å². The summed E-state index contributed by atoms with van der Waals surface area (Å²) in [6.07, 6.45) is 3.66. The summed E-state index contributed by atoms with van der Waals surface area (Å²) in [7, 11) is -0.932. The Morgan fingerprint density at radius 1 is 1.04 bits per heavy atom. The normalized spacial score (nSPS) is 25.2. The third kappa shape index (κ3) is 4.28. The number of hydrogen-bond donors (Lipinski definition) is 1. The maximum Gasteiger partial charge on any atom is 0.222 e. The predicted octanol–water partition coefficient (Wildman–Crippen LogP) is 1.00. The number of sulfone groups is 1. The molecule has 0 aliphatic carbocycles. The van der Waals surface area contributed by atoms with E-state index >= 15 is 0 Å². The van der Waals surface area contributed by atoms with Crippen LogP contribution in [0.25, 0.3) is 0 Å². The van der Waals surface area contributed by atoms with E-state index in [4.69, 9.17) is 0 Å². The highest BCUT2D eigenvalue weighted by Gasteiger charge is 2.45. The Kier molecular flexibility index (Phi) is 5.12. The Bertz CT molecular complexity index is 873. The van der Waals surface area contributed by atoms with E-state index in [2.05, 4.69) is 37.2 Å². The van der Waals surface area contributed by atoms with Gasteiger partial charge in [0.15, 0.2) is 9.84 Å². The molecular formula is C19H25N5O2S. The lowest BCUT2D eigenvalue weighted by atomic mass is 10.0. The molecule has 2 aliphatic heterocycles. The molecule has 0 amide bonds. The van der Waals surface area contributed by atoms with Gasteiger partial charge in [-0.1, -0.05) is 30.3 Å². The Morgan fingerprint density at radius 2 is 1.74 bits per heavy atom. The first kappa shape index (κ1) is 18.3. The quantitative estimate of drug-likeness (QED) is 0.820. The molecule has 0 radical (unpaired) electrons. The summed E-state index contributed by atoms with van der Waals surface area (Å²) in [6, 6.07) is 10.3. The van der Waals surface area contributed by atoms with Crippen LogP contribution >= 0.6 is 0 Å². The molecule has 2 atom stereocenters. The second-order valence-corrected chi connectivity index (χ2v) is 9.57. The summed E-state index contributed by atoms with van der Waals surface area (Å²) in [6.45, 7) is 3.11. The number of hydrogen-bond acceptors (Lipinski definition) is 7. The van der Waals surface area contributed by atoms with E-state index < -0.39 is 9.84 Å². The van der Waals surface area contributed by atoms with Crippen molar-refractivity contribution in [3.8, 4) is 0 Å². The molecule has 7 nitrogen and oxygen atoms in total. The maximum atomic E-state index is 12.1. The van der Waals surface area contributed by atoms with Gasteiger partial charge in [-0.15, -0.1) is 0 Å². The number of piperazine rings is 1. The number of nitrogens with one attached hydrogen (secondary N) is 1. The van der Waals surface area contributed by atoms with Crippen LogP contribution in [0.4, 0.5) is 5.95 Å². The van der Waals surface area contributed by atoms with Gasteiger partial charge in [0.1, 0.15) is 0 Å². The lowest BCUT2D eigenvalue weighted by molar-refractivity contribution is 0.0571. The number of benzene rings is 1. The lowest BCUT2D eigenvalue weighted by Gasteiger charge is -2.42. The molecule has 4 rings (SSSR count). The molecule has 2 aliphatic rings. The summed E-state index contributed by atoms with van der Waals surface area (Å²) in [4.78, 5) is 13.3. The van der Waals surface area contributed by atoms with E-state index in [0.29, 0.717) is 19.0 Å². The van der Waals surface area contributed by atoms with Crippen LogP contribution in [0.1, 0.15) is 11.1 Å². The van der Waals surface area contributed by atoms with Crippen molar-refractivity contribution in [2.75, 3.05) is 37.0 Å². The number of likely N-dealkylation sites (N-methyl/N-ethyl adjacent to an activating group) is 1. The van der Waals surface area contributed by atoms with Crippen molar-refractivity contribution in [1.82, 2.24) is 19.8 Å². The lowest BCUT2D eigenvalue weighted by Crippen LogP contribution is -2.57. The van der Waals surface area contributed by atoms with Gasteiger partial charge in [0, 0.05) is 56.2 Å². The van der Waals surface area contributed by atoms with E-state index in [9.17, 15) is 8.42 Å². The van der Waals surface area contributed by atoms with Crippen molar-refractivity contribution in [3.63, 3.8) is 0 Å². The van der Waals surface area contributed by atoms with Crippen LogP contribution in [0.2, 0.25) is 0 Å². The van der Waals surface area contributed by atoms with Gasteiger partial charge in [-0.3, -0.25) is 9.80 Å². The molecule has 1 aromatic heterocycles. The van der Waals surface area contributed by atoms with Crippen LogP contribution in [0.3, 0.4) is 0 Å². The third-order valence-corrected chi connectivity index (χ3v) is 7.15. The Labute approximate surface area is 160 Å². The highest BCUT2D eigenvalue weighted by atomic mass is 32.2. The van der Waals surface area contributed by atoms with Gasteiger partial charge in [0.05, 0.1) is 11.5 Å². The minimum atomic E-state index is -2.95. The van der Waals surface area contributed by atoms with E-state index in [1.54, 1.807) is 0 Å². The summed E-state index contributed by atoms with van der Waals surface area (Å²) in [5.41, 5.74) is 2.18. The third-order valence-electron chi connectivity index (χ3n) is 5.45. The molecule has 0 spiro atoms. The molecule has 144 valence electrons. The maximum absolute atomic E-state index is 12.1. The molecule has 0 bridgehead atoms. The van der Waals surface area contributed by atoms with Crippen molar-refractivity contribution < 1.29 is 8.42 Å². The van der Waals surface area contributed by atoms with Gasteiger partial charge in [0.2, 0.25) is 5.95 Å². The molecule has 8 heteroatoms. The highest BCUT2D eigenvalue weighted by molar-refractivity contribution is 7.91. The predicted molar refractivity (Wildman–Crippen MR) is 105 cm³/mol. The zero-order valence-electron chi connectivity index (χ0n) is 15.5. The van der Waals surface area contributed by atoms with Crippen LogP contribution in [0.5, 0.6) is 0 Å². The Morgan fingerprint density at radius 3 is 2.48 bits per heavy atom. The average molecular weight is 388 g/mol. The van der Waals surface area contributed by atoms with Crippen molar-refractivity contribution in [1.29, 1.82) is 0 Å². The molecule has 2 saturated heterocycles. The fourth-order valence-corrected chi connectivity index (χ4v) is 6.02. The largest absolute Gasteiger partial charge is 0.350 e. The summed E-state index contributed by atoms with van der Waals surface area (Å²) >= 11 is 0. The number of nitrogens with zero attached hydrogens (tertiary/aromatic N) is 4. The fourth-order valence-electron chi connectivity index (χ4n) is 3.93. The van der Waals surface area contributed by atoms with Gasteiger partial charge in [-0.2, -0.15) is 0 Å². The molecule has 1 N–H and O–H groups in total. The fraction of sp³-hybridized carbons (Fsp3) is 0.474. The van der Waals surface area contributed by atoms with E-state index in [1.165, 1.54) is 5.56 Å². The first-order valence-electron chi connectivity index (χ1n) is 9.24. The number of aromatic nitrogens is 2. The molecular weight excluding hydrogens is 362 g/mol. The number of fused-ring (bicyclic) bond motifs is 1. The van der Waals surface area contributed by atoms with Crippen LogP contribution in [0, 0.1) is 0 Å². The highest BCUT2D eigenvalue weighted by Crippen LogP contribution is 2.27. The van der Waals surface area contributed by atoms with Gasteiger partial charge < -0.3 is 5.32 Å². The molecule has 1 aromatic carbocycles. The zero-order valence-corrected chi connectivity index (χ0v) is 16.3. The second-order valence-electron chi connectivity index (χ2n) is 7.42. The van der Waals surface area contributed by atoms with Crippen molar-refractivity contribution in [2.24, 2.45) is 0 Å². The first-order valence-corrected chi connectivity index (χ1v) is 11.1. The Balaban J connectivity index is 1.38. The van der Waals surface area contributed by atoms with Crippen LogP contribution in [0.15, 0.2) is 42.7 Å². The average Bonchev–Trinajstić information content (AvgIpc) is 3.01. The van der Waals surface area contributed by atoms with Crippen molar-refractivity contribution >= 4 is 15.8 Å². The first-order chi connectivity index (χ1) is 13.0. The monoisotopic (exact) mass is 387 g/mol. The second kappa shape index (κ2) is 7.53. The van der Waals surface area contributed by atoms with Crippen LogP contribution < -0.4 is 5.32 Å².